The number of benzene rings is 2. The number of thiazole rings is 1. The van der Waals surface area contributed by atoms with E-state index in [-0.39, 0.29) is 4.87 Å². The minimum atomic E-state index is -0.395. The predicted molar refractivity (Wildman–Crippen MR) is 77.3 cm³/mol. The minimum absolute atomic E-state index is 0.300. The van der Waals surface area contributed by atoms with Gasteiger partial charge in [0.15, 0.2) is 0 Å². The molecule has 1 aromatic heterocycles. The van der Waals surface area contributed by atoms with Gasteiger partial charge >= 0.3 is 4.87 Å². The number of hydrogen-bond donors (Lipinski definition) is 0. The Morgan fingerprint density at radius 1 is 1.05 bits per heavy atom. The topological polar surface area (TPSA) is 39.1 Å². The fourth-order valence-corrected chi connectivity index (χ4v) is 3.00. The van der Waals surface area contributed by atoms with E-state index in [9.17, 15) is 9.59 Å². The van der Waals surface area contributed by atoms with Gasteiger partial charge in [-0.1, -0.05) is 47.2 Å². The van der Waals surface area contributed by atoms with Crippen LogP contribution in [0.25, 0.3) is 10.2 Å². The average molecular weight is 290 g/mol. The number of carbonyl (C=O) groups excluding carboxylic acids is 1. The highest BCUT2D eigenvalue weighted by atomic mass is 35.5. The van der Waals surface area contributed by atoms with Gasteiger partial charge in [0, 0.05) is 0 Å². The van der Waals surface area contributed by atoms with Crippen molar-refractivity contribution in [2.75, 3.05) is 0 Å². The van der Waals surface area contributed by atoms with E-state index in [0.717, 1.165) is 16.0 Å². The van der Waals surface area contributed by atoms with E-state index in [2.05, 4.69) is 0 Å². The molecule has 0 N–H and O–H groups in total. The van der Waals surface area contributed by atoms with Crippen LogP contribution in [0.1, 0.15) is 10.4 Å². The van der Waals surface area contributed by atoms with Gasteiger partial charge in [0.05, 0.1) is 20.8 Å². The van der Waals surface area contributed by atoms with Crippen LogP contribution in [0.4, 0.5) is 0 Å². The fraction of sp³-hybridized carbons (Fsp3) is 0. The molecule has 0 saturated heterocycles. The molecule has 19 heavy (non-hydrogen) atoms. The highest BCUT2D eigenvalue weighted by Gasteiger charge is 2.17. The van der Waals surface area contributed by atoms with Gasteiger partial charge in [0.25, 0.3) is 5.91 Å². The first-order chi connectivity index (χ1) is 9.18. The molecule has 0 spiro atoms. The number of halogens is 1. The third kappa shape index (κ3) is 1.99. The summed E-state index contributed by atoms with van der Waals surface area (Å²) in [6.07, 6.45) is 0. The van der Waals surface area contributed by atoms with E-state index in [4.69, 9.17) is 11.6 Å². The van der Waals surface area contributed by atoms with Crippen LogP contribution in [0, 0.1) is 0 Å². The number of aromatic nitrogens is 1. The number of carbonyl (C=O) groups is 1. The van der Waals surface area contributed by atoms with Gasteiger partial charge in [-0.2, -0.15) is 0 Å². The Kier molecular flexibility index (Phi) is 2.97. The van der Waals surface area contributed by atoms with Gasteiger partial charge in [-0.15, -0.1) is 0 Å². The van der Waals surface area contributed by atoms with Crippen molar-refractivity contribution in [3.05, 3.63) is 68.8 Å². The van der Waals surface area contributed by atoms with Crippen LogP contribution in [-0.4, -0.2) is 10.5 Å². The quantitative estimate of drug-likeness (QED) is 0.689. The molecule has 0 bridgehead atoms. The molecule has 0 amide bonds. The number of hydrogen-bond acceptors (Lipinski definition) is 3. The molecule has 5 heteroatoms. The standard InChI is InChI=1S/C14H8ClNO2S/c15-10-6-2-1-5-9(10)13(17)16-11-7-3-4-8-12(11)19-14(16)18/h1-8H. The lowest BCUT2D eigenvalue weighted by molar-refractivity contribution is 0.0963. The van der Waals surface area contributed by atoms with E-state index in [0.29, 0.717) is 16.1 Å². The van der Waals surface area contributed by atoms with Crippen LogP contribution in [0.5, 0.6) is 0 Å². The Labute approximate surface area is 117 Å². The number of rotatable bonds is 1. The first-order valence-corrected chi connectivity index (χ1v) is 6.78. The molecule has 0 atom stereocenters. The first kappa shape index (κ1) is 12.1. The average Bonchev–Trinajstić information content (AvgIpc) is 2.74. The molecule has 0 radical (unpaired) electrons. The lowest BCUT2D eigenvalue weighted by atomic mass is 10.2. The highest BCUT2D eigenvalue weighted by molar-refractivity contribution is 7.16. The zero-order valence-corrected chi connectivity index (χ0v) is 11.2. The molecule has 3 rings (SSSR count). The Bertz CT molecular complexity index is 835. The molecule has 2 aromatic carbocycles. The van der Waals surface area contributed by atoms with Crippen LogP contribution < -0.4 is 4.87 Å². The third-order valence-corrected chi connectivity index (χ3v) is 4.05. The fourth-order valence-electron chi connectivity index (χ4n) is 1.91. The van der Waals surface area contributed by atoms with Crippen molar-refractivity contribution in [3.63, 3.8) is 0 Å². The maximum Gasteiger partial charge on any atom is 0.315 e. The van der Waals surface area contributed by atoms with Crippen molar-refractivity contribution >= 4 is 39.1 Å². The molecule has 0 aliphatic rings. The molecule has 0 fully saturated rings. The maximum absolute atomic E-state index is 12.4. The highest BCUT2D eigenvalue weighted by Crippen LogP contribution is 2.20. The molecule has 0 saturated carbocycles. The van der Waals surface area contributed by atoms with Crippen LogP contribution in [0.2, 0.25) is 5.02 Å². The Balaban J connectivity index is 2.26. The SMILES string of the molecule is O=C(c1ccccc1Cl)n1c(=O)sc2ccccc21. The lowest BCUT2D eigenvalue weighted by Gasteiger charge is -2.04. The normalized spacial score (nSPS) is 10.8. The van der Waals surface area contributed by atoms with E-state index in [1.54, 1.807) is 36.4 Å². The minimum Gasteiger partial charge on any atom is -0.268 e. The van der Waals surface area contributed by atoms with Crippen molar-refractivity contribution < 1.29 is 4.79 Å². The van der Waals surface area contributed by atoms with Gasteiger partial charge in [0.2, 0.25) is 0 Å². The Morgan fingerprint density at radius 3 is 2.53 bits per heavy atom. The Hall–Kier alpha value is -1.91. The molecule has 0 unspecified atom stereocenters. The van der Waals surface area contributed by atoms with Crippen molar-refractivity contribution in [3.8, 4) is 0 Å². The summed E-state index contributed by atoms with van der Waals surface area (Å²) in [5.74, 6) is -0.395. The lowest BCUT2D eigenvalue weighted by Crippen LogP contribution is -2.22. The maximum atomic E-state index is 12.4. The molecule has 94 valence electrons. The van der Waals surface area contributed by atoms with Gasteiger partial charge < -0.3 is 0 Å². The summed E-state index contributed by atoms with van der Waals surface area (Å²) in [7, 11) is 0. The third-order valence-electron chi connectivity index (χ3n) is 2.79. The summed E-state index contributed by atoms with van der Waals surface area (Å²) in [5, 5.41) is 0.342. The monoisotopic (exact) mass is 289 g/mol. The largest absolute Gasteiger partial charge is 0.315 e. The molecule has 3 nitrogen and oxygen atoms in total. The first-order valence-electron chi connectivity index (χ1n) is 5.58. The van der Waals surface area contributed by atoms with Crippen molar-refractivity contribution in [1.29, 1.82) is 0 Å². The van der Waals surface area contributed by atoms with Gasteiger partial charge in [0.1, 0.15) is 0 Å². The van der Waals surface area contributed by atoms with Crippen LogP contribution in [0.3, 0.4) is 0 Å². The van der Waals surface area contributed by atoms with Crippen LogP contribution >= 0.6 is 22.9 Å². The summed E-state index contributed by atoms with van der Waals surface area (Å²) in [6.45, 7) is 0. The van der Waals surface area contributed by atoms with E-state index >= 15 is 0 Å². The van der Waals surface area contributed by atoms with Gasteiger partial charge in [-0.3, -0.25) is 9.59 Å². The molecular formula is C14H8ClNO2S. The number of para-hydroxylation sites is 1. The molecule has 1 heterocycles. The van der Waals surface area contributed by atoms with Crippen molar-refractivity contribution in [2.24, 2.45) is 0 Å². The van der Waals surface area contributed by atoms with Crippen LogP contribution in [0.15, 0.2) is 53.3 Å². The van der Waals surface area contributed by atoms with E-state index in [1.165, 1.54) is 4.57 Å². The predicted octanol–water partition coefficient (Wildman–Crippen LogP) is 3.40. The molecular weight excluding hydrogens is 282 g/mol. The second-order valence-electron chi connectivity index (χ2n) is 3.96. The number of nitrogens with zero attached hydrogens (tertiary/aromatic N) is 1. The number of fused-ring (bicyclic) bond motifs is 1. The van der Waals surface area contributed by atoms with Gasteiger partial charge in [-0.25, -0.2) is 4.57 Å². The smallest absolute Gasteiger partial charge is 0.268 e. The van der Waals surface area contributed by atoms with E-state index in [1.807, 2.05) is 12.1 Å². The molecule has 0 aliphatic heterocycles. The van der Waals surface area contributed by atoms with Gasteiger partial charge in [-0.05, 0) is 24.3 Å². The second kappa shape index (κ2) is 4.64. The van der Waals surface area contributed by atoms with E-state index < -0.39 is 5.91 Å². The summed E-state index contributed by atoms with van der Waals surface area (Å²) < 4.78 is 1.95. The summed E-state index contributed by atoms with van der Waals surface area (Å²) in [6, 6.07) is 13.9. The second-order valence-corrected chi connectivity index (χ2v) is 5.36. The summed E-state index contributed by atoms with van der Waals surface area (Å²) in [4.78, 5) is 24.1. The summed E-state index contributed by atoms with van der Waals surface area (Å²) >= 11 is 7.06. The zero-order valence-electron chi connectivity index (χ0n) is 9.67. The van der Waals surface area contributed by atoms with Crippen LogP contribution in [-0.2, 0) is 0 Å². The van der Waals surface area contributed by atoms with Crippen molar-refractivity contribution in [1.82, 2.24) is 4.57 Å². The Morgan fingerprint density at radius 2 is 1.74 bits per heavy atom. The molecule has 3 aromatic rings. The molecule has 0 aliphatic carbocycles. The van der Waals surface area contributed by atoms with Crippen molar-refractivity contribution in [2.45, 2.75) is 0 Å². The zero-order chi connectivity index (χ0) is 13.4. The summed E-state index contributed by atoms with van der Waals surface area (Å²) in [5.41, 5.74) is 0.942.